The molecule has 0 aliphatic carbocycles. The maximum atomic E-state index is 9.54. The van der Waals surface area contributed by atoms with Gasteiger partial charge in [-0.15, -0.1) is 0 Å². The Labute approximate surface area is 111 Å². The van der Waals surface area contributed by atoms with E-state index in [1.165, 1.54) is 5.69 Å². The molecule has 0 saturated carbocycles. The highest BCUT2D eigenvalue weighted by Gasteiger charge is 2.19. The minimum Gasteiger partial charge on any atom is -0.389 e. The van der Waals surface area contributed by atoms with Gasteiger partial charge in [-0.3, -0.25) is 0 Å². The Balaban J connectivity index is 2.21. The van der Waals surface area contributed by atoms with Crippen LogP contribution in [0, 0.1) is 0 Å². The number of hydrogen-bond donors (Lipinski definition) is 1. The van der Waals surface area contributed by atoms with Gasteiger partial charge in [0.25, 0.3) is 0 Å². The summed E-state index contributed by atoms with van der Waals surface area (Å²) in [6.07, 6.45) is -0.156. The molecule has 2 atom stereocenters. The van der Waals surface area contributed by atoms with Crippen molar-refractivity contribution in [2.24, 2.45) is 0 Å². The number of aliphatic hydroxyl groups excluding tert-OH is 1. The molecular formula is C13H18BrNO2. The van der Waals surface area contributed by atoms with Crippen LogP contribution in [0.5, 0.6) is 0 Å². The maximum absolute atomic E-state index is 9.54. The number of nitrogens with zero attached hydrogens (tertiary/aromatic N) is 1. The van der Waals surface area contributed by atoms with Crippen LogP contribution in [0.15, 0.2) is 22.7 Å². The molecule has 1 aromatic rings. The second kappa shape index (κ2) is 5.38. The molecule has 2 rings (SSSR count). The van der Waals surface area contributed by atoms with E-state index < -0.39 is 6.10 Å². The van der Waals surface area contributed by atoms with Gasteiger partial charge in [0.1, 0.15) is 0 Å². The molecule has 1 N–H and O–H groups in total. The van der Waals surface area contributed by atoms with Gasteiger partial charge >= 0.3 is 0 Å². The molecule has 0 amide bonds. The standard InChI is InChI=1S/C13H18BrNO2/c1-9-8-15(5-6-17-9)13-4-3-11(10(2)16)7-12(13)14/h3-4,7,9-10,16H,5-6,8H2,1-2H3/t9?,10-/m0/s1. The quantitative estimate of drug-likeness (QED) is 0.911. The van der Waals surface area contributed by atoms with Crippen molar-refractivity contribution in [3.05, 3.63) is 28.2 Å². The van der Waals surface area contributed by atoms with Crippen LogP contribution in [0.1, 0.15) is 25.5 Å². The minimum atomic E-state index is -0.427. The van der Waals surface area contributed by atoms with Crippen LogP contribution in [0.2, 0.25) is 0 Å². The van der Waals surface area contributed by atoms with Crippen LogP contribution < -0.4 is 4.90 Å². The van der Waals surface area contributed by atoms with Gasteiger partial charge in [0.15, 0.2) is 0 Å². The second-order valence-corrected chi connectivity index (χ2v) is 5.37. The number of halogens is 1. The molecule has 3 nitrogen and oxygen atoms in total. The summed E-state index contributed by atoms with van der Waals surface area (Å²) in [6.45, 7) is 6.46. The molecular weight excluding hydrogens is 282 g/mol. The fourth-order valence-corrected chi connectivity index (χ4v) is 2.72. The van der Waals surface area contributed by atoms with Crippen LogP contribution in [0.3, 0.4) is 0 Å². The highest BCUT2D eigenvalue weighted by Crippen LogP contribution is 2.30. The minimum absolute atomic E-state index is 0.270. The molecule has 0 spiro atoms. The summed E-state index contributed by atoms with van der Waals surface area (Å²) in [5, 5.41) is 9.54. The molecule has 1 fully saturated rings. The molecule has 1 saturated heterocycles. The lowest BCUT2D eigenvalue weighted by molar-refractivity contribution is 0.0532. The number of ether oxygens (including phenoxy) is 1. The smallest absolute Gasteiger partial charge is 0.0762 e. The second-order valence-electron chi connectivity index (χ2n) is 4.51. The van der Waals surface area contributed by atoms with E-state index in [1.54, 1.807) is 6.92 Å². The van der Waals surface area contributed by atoms with Gasteiger partial charge in [-0.25, -0.2) is 0 Å². The molecule has 94 valence electrons. The highest BCUT2D eigenvalue weighted by atomic mass is 79.9. The van der Waals surface area contributed by atoms with Gasteiger partial charge in [-0.05, 0) is 47.5 Å². The maximum Gasteiger partial charge on any atom is 0.0762 e. The van der Waals surface area contributed by atoms with Gasteiger partial charge in [0.2, 0.25) is 0 Å². The van der Waals surface area contributed by atoms with Crippen molar-refractivity contribution in [2.45, 2.75) is 26.1 Å². The Morgan fingerprint density at radius 3 is 2.88 bits per heavy atom. The lowest BCUT2D eigenvalue weighted by atomic mass is 10.1. The van der Waals surface area contributed by atoms with E-state index in [0.717, 1.165) is 29.7 Å². The predicted molar refractivity (Wildman–Crippen MR) is 72.4 cm³/mol. The summed E-state index contributed by atoms with van der Waals surface area (Å²) in [6, 6.07) is 6.02. The molecule has 1 aliphatic heterocycles. The van der Waals surface area contributed by atoms with Crippen molar-refractivity contribution in [2.75, 3.05) is 24.6 Å². The average Bonchev–Trinajstić information content (AvgIpc) is 2.28. The zero-order chi connectivity index (χ0) is 12.4. The van der Waals surface area contributed by atoms with E-state index in [1.807, 2.05) is 12.1 Å². The summed E-state index contributed by atoms with van der Waals surface area (Å²) in [5.41, 5.74) is 2.10. The topological polar surface area (TPSA) is 32.7 Å². The van der Waals surface area contributed by atoms with E-state index in [4.69, 9.17) is 4.74 Å². The van der Waals surface area contributed by atoms with E-state index in [2.05, 4.69) is 33.8 Å². The van der Waals surface area contributed by atoms with E-state index in [9.17, 15) is 5.11 Å². The van der Waals surface area contributed by atoms with E-state index >= 15 is 0 Å². The monoisotopic (exact) mass is 299 g/mol. The molecule has 1 unspecified atom stereocenters. The van der Waals surface area contributed by atoms with Crippen molar-refractivity contribution in [1.82, 2.24) is 0 Å². The largest absolute Gasteiger partial charge is 0.389 e. The Hall–Kier alpha value is -0.580. The lowest BCUT2D eigenvalue weighted by Crippen LogP contribution is -2.41. The molecule has 1 aromatic carbocycles. The van der Waals surface area contributed by atoms with Gasteiger partial charge in [-0.1, -0.05) is 6.07 Å². The zero-order valence-electron chi connectivity index (χ0n) is 10.2. The molecule has 0 bridgehead atoms. The third-order valence-corrected chi connectivity index (χ3v) is 3.67. The Morgan fingerprint density at radius 2 is 2.29 bits per heavy atom. The average molecular weight is 300 g/mol. The SMILES string of the molecule is CC1CN(c2ccc([C@H](C)O)cc2Br)CCO1. The summed E-state index contributed by atoms with van der Waals surface area (Å²) in [4.78, 5) is 2.31. The molecule has 1 heterocycles. The lowest BCUT2D eigenvalue weighted by Gasteiger charge is -2.33. The fourth-order valence-electron chi connectivity index (χ4n) is 2.08. The van der Waals surface area contributed by atoms with Crippen molar-refractivity contribution in [1.29, 1.82) is 0 Å². The van der Waals surface area contributed by atoms with Crippen molar-refractivity contribution in [3.63, 3.8) is 0 Å². The first-order valence-electron chi connectivity index (χ1n) is 5.92. The number of anilines is 1. The molecule has 0 aromatic heterocycles. The zero-order valence-corrected chi connectivity index (χ0v) is 11.8. The summed E-state index contributed by atoms with van der Waals surface area (Å²) < 4.78 is 6.57. The van der Waals surface area contributed by atoms with Gasteiger partial charge in [0.05, 0.1) is 24.5 Å². The summed E-state index contributed by atoms with van der Waals surface area (Å²) in [5.74, 6) is 0. The summed E-state index contributed by atoms with van der Waals surface area (Å²) in [7, 11) is 0. The number of hydrogen-bond acceptors (Lipinski definition) is 3. The van der Waals surface area contributed by atoms with Gasteiger partial charge in [0, 0.05) is 17.6 Å². The first-order valence-corrected chi connectivity index (χ1v) is 6.71. The number of morpholine rings is 1. The van der Waals surface area contributed by atoms with Crippen molar-refractivity contribution >= 4 is 21.6 Å². The van der Waals surface area contributed by atoms with E-state index in [-0.39, 0.29) is 6.10 Å². The Kier molecular flexibility index (Phi) is 4.07. The third kappa shape index (κ3) is 3.00. The number of aliphatic hydroxyl groups is 1. The molecule has 4 heteroatoms. The molecule has 1 aliphatic rings. The molecule has 17 heavy (non-hydrogen) atoms. The Morgan fingerprint density at radius 1 is 1.53 bits per heavy atom. The van der Waals surface area contributed by atoms with Gasteiger partial charge < -0.3 is 14.7 Å². The highest BCUT2D eigenvalue weighted by molar-refractivity contribution is 9.10. The van der Waals surface area contributed by atoms with Crippen LogP contribution in [0.4, 0.5) is 5.69 Å². The third-order valence-electron chi connectivity index (χ3n) is 3.04. The van der Waals surface area contributed by atoms with E-state index in [0.29, 0.717) is 0 Å². The van der Waals surface area contributed by atoms with Gasteiger partial charge in [-0.2, -0.15) is 0 Å². The van der Waals surface area contributed by atoms with Crippen LogP contribution in [-0.4, -0.2) is 30.9 Å². The number of rotatable bonds is 2. The van der Waals surface area contributed by atoms with Crippen LogP contribution in [-0.2, 0) is 4.74 Å². The first kappa shape index (κ1) is 12.9. The van der Waals surface area contributed by atoms with Crippen molar-refractivity contribution in [3.8, 4) is 0 Å². The Bertz CT molecular complexity index is 395. The summed E-state index contributed by atoms with van der Waals surface area (Å²) >= 11 is 3.58. The first-order chi connectivity index (χ1) is 8.08. The van der Waals surface area contributed by atoms with Crippen LogP contribution >= 0.6 is 15.9 Å². The molecule has 0 radical (unpaired) electrons. The fraction of sp³-hybridized carbons (Fsp3) is 0.538. The van der Waals surface area contributed by atoms with Crippen LogP contribution in [0.25, 0.3) is 0 Å². The number of benzene rings is 1. The normalized spacial score (nSPS) is 22.6. The predicted octanol–water partition coefficient (Wildman–Crippen LogP) is 2.73. The van der Waals surface area contributed by atoms with Crippen molar-refractivity contribution < 1.29 is 9.84 Å².